The fourth-order valence-electron chi connectivity index (χ4n) is 1.19. The molecule has 0 radical (unpaired) electrons. The first-order chi connectivity index (χ1) is 8.17. The molecule has 17 heavy (non-hydrogen) atoms. The van der Waals surface area contributed by atoms with Gasteiger partial charge in [0.2, 0.25) is 0 Å². The quantitative estimate of drug-likeness (QED) is 0.562. The molecule has 0 N–H and O–H groups in total. The third-order valence-corrected chi connectivity index (χ3v) is 2.06. The SMILES string of the molecule is COC(=O)C#Cc1ccccc1CC(=O)OC. The lowest BCUT2D eigenvalue weighted by atomic mass is 10.1. The third kappa shape index (κ3) is 3.99. The van der Waals surface area contributed by atoms with E-state index in [1.54, 1.807) is 24.3 Å². The summed E-state index contributed by atoms with van der Waals surface area (Å²) in [6.07, 6.45) is 0.128. The summed E-state index contributed by atoms with van der Waals surface area (Å²) in [6.45, 7) is 0. The monoisotopic (exact) mass is 232 g/mol. The van der Waals surface area contributed by atoms with E-state index in [1.807, 2.05) is 0 Å². The van der Waals surface area contributed by atoms with Gasteiger partial charge in [0.1, 0.15) is 0 Å². The molecule has 0 aromatic heterocycles. The molecule has 0 fully saturated rings. The fraction of sp³-hybridized carbons (Fsp3) is 0.231. The Morgan fingerprint density at radius 3 is 2.53 bits per heavy atom. The van der Waals surface area contributed by atoms with Crippen LogP contribution in [0.25, 0.3) is 0 Å². The van der Waals surface area contributed by atoms with Crippen molar-refractivity contribution in [3.63, 3.8) is 0 Å². The van der Waals surface area contributed by atoms with Gasteiger partial charge in [-0.05, 0) is 11.6 Å². The van der Waals surface area contributed by atoms with Gasteiger partial charge in [-0.1, -0.05) is 24.1 Å². The first-order valence-corrected chi connectivity index (χ1v) is 4.92. The normalized spacial score (nSPS) is 8.82. The summed E-state index contributed by atoms with van der Waals surface area (Å²) in [5.74, 6) is 4.02. The van der Waals surface area contributed by atoms with Crippen LogP contribution in [0.15, 0.2) is 24.3 Å². The molecule has 0 amide bonds. The van der Waals surface area contributed by atoms with Crippen LogP contribution in [-0.4, -0.2) is 26.2 Å². The molecule has 0 aliphatic rings. The molecule has 0 spiro atoms. The van der Waals surface area contributed by atoms with Crippen LogP contribution in [0, 0.1) is 11.8 Å². The van der Waals surface area contributed by atoms with Gasteiger partial charge in [0, 0.05) is 11.5 Å². The molecule has 0 atom stereocenters. The highest BCUT2D eigenvalue weighted by molar-refractivity contribution is 5.89. The molecule has 0 saturated carbocycles. The minimum atomic E-state index is -0.613. The molecule has 1 aromatic rings. The van der Waals surface area contributed by atoms with Crippen molar-refractivity contribution in [2.45, 2.75) is 6.42 Å². The second-order valence-corrected chi connectivity index (χ2v) is 3.15. The smallest absolute Gasteiger partial charge is 0.384 e. The lowest BCUT2D eigenvalue weighted by Crippen LogP contribution is -2.06. The molecular formula is C13H12O4. The van der Waals surface area contributed by atoms with Gasteiger partial charge in [-0.2, -0.15) is 0 Å². The third-order valence-electron chi connectivity index (χ3n) is 2.06. The van der Waals surface area contributed by atoms with Crippen molar-refractivity contribution < 1.29 is 19.1 Å². The maximum Gasteiger partial charge on any atom is 0.384 e. The van der Waals surface area contributed by atoms with E-state index in [0.717, 1.165) is 5.56 Å². The summed E-state index contributed by atoms with van der Waals surface area (Å²) in [5.41, 5.74) is 1.33. The number of rotatable bonds is 2. The minimum absolute atomic E-state index is 0.128. The molecule has 1 aromatic carbocycles. The van der Waals surface area contributed by atoms with Crippen molar-refractivity contribution in [2.75, 3.05) is 14.2 Å². The Morgan fingerprint density at radius 2 is 1.88 bits per heavy atom. The number of carbonyl (C=O) groups excluding carboxylic acids is 2. The average molecular weight is 232 g/mol. The molecule has 0 heterocycles. The van der Waals surface area contributed by atoms with Gasteiger partial charge in [0.25, 0.3) is 0 Å². The number of benzene rings is 1. The molecule has 88 valence electrons. The Labute approximate surface area is 99.5 Å². The highest BCUT2D eigenvalue weighted by atomic mass is 16.5. The Balaban J connectivity index is 2.94. The zero-order valence-electron chi connectivity index (χ0n) is 9.65. The predicted octanol–water partition coefficient (Wildman–Crippen LogP) is 0.927. The Bertz CT molecular complexity index is 480. The van der Waals surface area contributed by atoms with Crippen LogP contribution < -0.4 is 0 Å². The Morgan fingerprint density at radius 1 is 1.18 bits per heavy atom. The summed E-state index contributed by atoms with van der Waals surface area (Å²) in [4.78, 5) is 22.1. The summed E-state index contributed by atoms with van der Waals surface area (Å²) in [6, 6.07) is 7.07. The van der Waals surface area contributed by atoms with E-state index in [-0.39, 0.29) is 12.4 Å². The predicted molar refractivity (Wildman–Crippen MR) is 61.1 cm³/mol. The van der Waals surface area contributed by atoms with Gasteiger partial charge in [-0.3, -0.25) is 4.79 Å². The summed E-state index contributed by atoms with van der Waals surface area (Å²) >= 11 is 0. The van der Waals surface area contributed by atoms with Gasteiger partial charge < -0.3 is 9.47 Å². The minimum Gasteiger partial charge on any atom is -0.469 e. The highest BCUT2D eigenvalue weighted by Crippen LogP contribution is 2.08. The molecule has 4 nitrogen and oxygen atoms in total. The summed E-state index contributed by atoms with van der Waals surface area (Å²) in [7, 11) is 2.59. The first-order valence-electron chi connectivity index (χ1n) is 4.92. The number of carbonyl (C=O) groups is 2. The molecule has 0 saturated heterocycles. The van der Waals surface area contributed by atoms with Crippen LogP contribution in [-0.2, 0) is 25.5 Å². The number of methoxy groups -OCH3 is 2. The fourth-order valence-corrected chi connectivity index (χ4v) is 1.19. The van der Waals surface area contributed by atoms with Gasteiger partial charge in [0.15, 0.2) is 0 Å². The lowest BCUT2D eigenvalue weighted by Gasteiger charge is -2.02. The maximum absolute atomic E-state index is 11.2. The van der Waals surface area contributed by atoms with E-state index in [1.165, 1.54) is 14.2 Å². The van der Waals surface area contributed by atoms with E-state index in [9.17, 15) is 9.59 Å². The van der Waals surface area contributed by atoms with Crippen molar-refractivity contribution >= 4 is 11.9 Å². The molecule has 0 aliphatic heterocycles. The van der Waals surface area contributed by atoms with Crippen molar-refractivity contribution in [1.82, 2.24) is 0 Å². The van der Waals surface area contributed by atoms with Crippen LogP contribution in [0.3, 0.4) is 0 Å². The Kier molecular flexibility index (Phi) is 4.77. The van der Waals surface area contributed by atoms with Crippen molar-refractivity contribution in [2.24, 2.45) is 0 Å². The topological polar surface area (TPSA) is 52.6 Å². The maximum atomic E-state index is 11.2. The van der Waals surface area contributed by atoms with Gasteiger partial charge in [0.05, 0.1) is 20.6 Å². The van der Waals surface area contributed by atoms with Crippen molar-refractivity contribution in [3.8, 4) is 11.8 Å². The zero-order valence-corrected chi connectivity index (χ0v) is 9.65. The van der Waals surface area contributed by atoms with E-state index < -0.39 is 5.97 Å². The molecule has 4 heteroatoms. The van der Waals surface area contributed by atoms with E-state index in [2.05, 4.69) is 21.3 Å². The molecule has 0 bridgehead atoms. The van der Waals surface area contributed by atoms with Crippen LogP contribution in [0.1, 0.15) is 11.1 Å². The number of esters is 2. The second-order valence-electron chi connectivity index (χ2n) is 3.15. The van der Waals surface area contributed by atoms with Crippen molar-refractivity contribution in [3.05, 3.63) is 35.4 Å². The van der Waals surface area contributed by atoms with E-state index >= 15 is 0 Å². The number of hydrogen-bond acceptors (Lipinski definition) is 4. The molecule has 0 unspecified atom stereocenters. The summed E-state index contributed by atoms with van der Waals surface area (Å²) in [5, 5.41) is 0. The van der Waals surface area contributed by atoms with Crippen LogP contribution in [0.2, 0.25) is 0 Å². The largest absolute Gasteiger partial charge is 0.469 e. The zero-order chi connectivity index (χ0) is 12.7. The van der Waals surface area contributed by atoms with Crippen LogP contribution in [0.4, 0.5) is 0 Å². The van der Waals surface area contributed by atoms with Crippen LogP contribution >= 0.6 is 0 Å². The highest BCUT2D eigenvalue weighted by Gasteiger charge is 2.06. The standard InChI is InChI=1S/C13H12O4/c1-16-12(14)8-7-10-5-3-4-6-11(10)9-13(15)17-2/h3-6H,9H2,1-2H3. The van der Waals surface area contributed by atoms with Gasteiger partial charge >= 0.3 is 11.9 Å². The van der Waals surface area contributed by atoms with Crippen molar-refractivity contribution in [1.29, 1.82) is 0 Å². The lowest BCUT2D eigenvalue weighted by molar-refractivity contribution is -0.139. The molecule has 1 rings (SSSR count). The molecular weight excluding hydrogens is 220 g/mol. The summed E-state index contributed by atoms with van der Waals surface area (Å²) < 4.78 is 8.99. The number of ether oxygens (including phenoxy) is 2. The van der Waals surface area contributed by atoms with E-state index in [0.29, 0.717) is 5.56 Å². The second kappa shape index (κ2) is 6.33. The first kappa shape index (κ1) is 12.8. The molecule has 0 aliphatic carbocycles. The average Bonchev–Trinajstić information content (AvgIpc) is 2.37. The number of hydrogen-bond donors (Lipinski definition) is 0. The van der Waals surface area contributed by atoms with E-state index in [4.69, 9.17) is 0 Å². The van der Waals surface area contributed by atoms with Gasteiger partial charge in [-0.25, -0.2) is 4.79 Å². The Hall–Kier alpha value is -2.28. The van der Waals surface area contributed by atoms with Gasteiger partial charge in [-0.15, -0.1) is 0 Å². The van der Waals surface area contributed by atoms with Crippen LogP contribution in [0.5, 0.6) is 0 Å².